The average Bonchev–Trinajstić information content (AvgIpc) is 3.12. The highest BCUT2D eigenvalue weighted by atomic mass is 15.3. The molecule has 1 saturated heterocycles. The van der Waals surface area contributed by atoms with Gasteiger partial charge in [-0.2, -0.15) is 0 Å². The maximum Gasteiger partial charge on any atom is 0.0252 e. The first-order valence-corrected chi connectivity index (χ1v) is 7.25. The maximum absolute atomic E-state index is 3.76. The van der Waals surface area contributed by atoms with Crippen LogP contribution in [0.2, 0.25) is 0 Å². The molecule has 0 aromatic heterocycles. The Hall–Kier alpha value is -0.0800. The lowest BCUT2D eigenvalue weighted by molar-refractivity contribution is 0.0719. The third kappa shape index (κ3) is 2.78. The van der Waals surface area contributed by atoms with Crippen LogP contribution in [0.4, 0.5) is 0 Å². The molecule has 1 aliphatic heterocycles. The van der Waals surface area contributed by atoms with Crippen molar-refractivity contribution in [3.05, 3.63) is 0 Å². The summed E-state index contributed by atoms with van der Waals surface area (Å²) in [6.45, 7) is 9.54. The number of hydrogen-bond acceptors (Lipinski definition) is 2. The maximum atomic E-state index is 3.76. The molecule has 2 aliphatic rings. The first-order valence-electron chi connectivity index (χ1n) is 7.25. The van der Waals surface area contributed by atoms with E-state index in [2.05, 4.69) is 31.0 Å². The normalized spacial score (nSPS) is 33.9. The van der Waals surface area contributed by atoms with Crippen molar-refractivity contribution in [3.8, 4) is 0 Å². The van der Waals surface area contributed by atoms with Crippen molar-refractivity contribution >= 4 is 0 Å². The smallest absolute Gasteiger partial charge is 0.0252 e. The quantitative estimate of drug-likeness (QED) is 0.772. The summed E-state index contributed by atoms with van der Waals surface area (Å²) in [6.07, 6.45) is 6.88. The zero-order valence-corrected chi connectivity index (χ0v) is 11.2. The Labute approximate surface area is 101 Å². The van der Waals surface area contributed by atoms with E-state index in [1.165, 1.54) is 45.2 Å². The Balaban J connectivity index is 1.94. The van der Waals surface area contributed by atoms with Gasteiger partial charge in [-0.25, -0.2) is 0 Å². The molecule has 3 unspecified atom stereocenters. The predicted molar refractivity (Wildman–Crippen MR) is 69.7 cm³/mol. The zero-order chi connectivity index (χ0) is 11.5. The Morgan fingerprint density at radius 3 is 2.62 bits per heavy atom. The van der Waals surface area contributed by atoms with E-state index in [-0.39, 0.29) is 0 Å². The van der Waals surface area contributed by atoms with E-state index < -0.39 is 0 Å². The summed E-state index contributed by atoms with van der Waals surface area (Å²) >= 11 is 0. The van der Waals surface area contributed by atoms with Gasteiger partial charge in [0.2, 0.25) is 0 Å². The molecule has 0 spiro atoms. The summed E-state index contributed by atoms with van der Waals surface area (Å²) in [5.41, 5.74) is 0. The van der Waals surface area contributed by atoms with E-state index in [1.807, 2.05) is 0 Å². The Bertz CT molecular complexity index is 213. The predicted octanol–water partition coefficient (Wildman–Crippen LogP) is 2.64. The largest absolute Gasteiger partial charge is 0.311 e. The van der Waals surface area contributed by atoms with E-state index in [1.54, 1.807) is 0 Å². The molecule has 2 heteroatoms. The molecule has 94 valence electrons. The standard InChI is InChI=1S/C14H28N2/c1-4-6-13-10-16(11(3)5-2)14(9-15-13)12-7-8-12/h11-15H,4-10H2,1-3H3. The number of nitrogens with zero attached hydrogens (tertiary/aromatic N) is 1. The van der Waals surface area contributed by atoms with Crippen molar-refractivity contribution < 1.29 is 0 Å². The van der Waals surface area contributed by atoms with Crippen LogP contribution in [0.15, 0.2) is 0 Å². The second-order valence-corrected chi connectivity index (χ2v) is 5.75. The molecule has 2 rings (SSSR count). The zero-order valence-electron chi connectivity index (χ0n) is 11.2. The fourth-order valence-corrected chi connectivity index (χ4v) is 3.06. The van der Waals surface area contributed by atoms with Crippen molar-refractivity contribution in [1.29, 1.82) is 0 Å². The van der Waals surface area contributed by atoms with Gasteiger partial charge in [0.25, 0.3) is 0 Å². The summed E-state index contributed by atoms with van der Waals surface area (Å²) in [6, 6.07) is 2.35. The molecular formula is C14H28N2. The minimum atomic E-state index is 0.744. The lowest BCUT2D eigenvalue weighted by atomic mass is 9.99. The molecule has 0 aromatic carbocycles. The third-order valence-corrected chi connectivity index (χ3v) is 4.43. The molecule has 1 saturated carbocycles. The van der Waals surface area contributed by atoms with Gasteiger partial charge >= 0.3 is 0 Å². The summed E-state index contributed by atoms with van der Waals surface area (Å²) in [7, 11) is 0. The van der Waals surface area contributed by atoms with Crippen LogP contribution < -0.4 is 5.32 Å². The number of piperazine rings is 1. The van der Waals surface area contributed by atoms with Gasteiger partial charge in [0.15, 0.2) is 0 Å². The molecule has 0 aromatic rings. The van der Waals surface area contributed by atoms with Gasteiger partial charge in [0, 0.05) is 31.2 Å². The molecule has 1 N–H and O–H groups in total. The van der Waals surface area contributed by atoms with Crippen molar-refractivity contribution in [1.82, 2.24) is 10.2 Å². The van der Waals surface area contributed by atoms with Gasteiger partial charge in [-0.15, -0.1) is 0 Å². The highest BCUT2D eigenvalue weighted by molar-refractivity contribution is 4.96. The van der Waals surface area contributed by atoms with Gasteiger partial charge in [-0.3, -0.25) is 4.90 Å². The number of hydrogen-bond donors (Lipinski definition) is 1. The van der Waals surface area contributed by atoms with Crippen LogP contribution in [0.5, 0.6) is 0 Å². The molecule has 0 radical (unpaired) electrons. The average molecular weight is 224 g/mol. The van der Waals surface area contributed by atoms with Gasteiger partial charge in [-0.05, 0) is 38.5 Å². The summed E-state index contributed by atoms with van der Waals surface area (Å²) in [5, 5.41) is 3.76. The number of nitrogens with one attached hydrogen (secondary N) is 1. The van der Waals surface area contributed by atoms with E-state index >= 15 is 0 Å². The first-order chi connectivity index (χ1) is 7.76. The topological polar surface area (TPSA) is 15.3 Å². The van der Waals surface area contributed by atoms with Gasteiger partial charge in [-0.1, -0.05) is 20.3 Å². The Morgan fingerprint density at radius 2 is 2.06 bits per heavy atom. The Morgan fingerprint density at radius 1 is 1.31 bits per heavy atom. The lowest BCUT2D eigenvalue weighted by Crippen LogP contribution is -2.59. The molecule has 1 heterocycles. The molecule has 2 fully saturated rings. The summed E-state index contributed by atoms with van der Waals surface area (Å²) in [4.78, 5) is 2.80. The van der Waals surface area contributed by atoms with Gasteiger partial charge in [0.05, 0.1) is 0 Å². The van der Waals surface area contributed by atoms with Gasteiger partial charge in [0.1, 0.15) is 0 Å². The molecule has 2 nitrogen and oxygen atoms in total. The first kappa shape index (κ1) is 12.4. The van der Waals surface area contributed by atoms with Crippen LogP contribution in [0.3, 0.4) is 0 Å². The van der Waals surface area contributed by atoms with E-state index in [0.717, 1.165) is 24.0 Å². The lowest BCUT2D eigenvalue weighted by Gasteiger charge is -2.44. The Kier molecular flexibility index (Phi) is 4.26. The van der Waals surface area contributed by atoms with E-state index in [4.69, 9.17) is 0 Å². The molecular weight excluding hydrogens is 196 g/mol. The van der Waals surface area contributed by atoms with E-state index in [0.29, 0.717) is 0 Å². The second-order valence-electron chi connectivity index (χ2n) is 5.75. The van der Waals surface area contributed by atoms with Crippen molar-refractivity contribution in [3.63, 3.8) is 0 Å². The molecule has 3 atom stereocenters. The summed E-state index contributed by atoms with van der Waals surface area (Å²) < 4.78 is 0. The van der Waals surface area contributed by atoms with Gasteiger partial charge < -0.3 is 5.32 Å². The van der Waals surface area contributed by atoms with Crippen LogP contribution >= 0.6 is 0 Å². The second kappa shape index (κ2) is 5.50. The molecule has 1 aliphatic carbocycles. The van der Waals surface area contributed by atoms with Crippen LogP contribution in [0.25, 0.3) is 0 Å². The van der Waals surface area contributed by atoms with Crippen LogP contribution in [0.1, 0.15) is 52.9 Å². The minimum absolute atomic E-state index is 0.744. The van der Waals surface area contributed by atoms with Crippen LogP contribution in [-0.4, -0.2) is 36.1 Å². The van der Waals surface area contributed by atoms with Crippen molar-refractivity contribution in [2.75, 3.05) is 13.1 Å². The molecule has 0 bridgehead atoms. The third-order valence-electron chi connectivity index (χ3n) is 4.43. The fraction of sp³-hybridized carbons (Fsp3) is 1.00. The SMILES string of the molecule is CCCC1CN(C(C)CC)C(C2CC2)CN1. The minimum Gasteiger partial charge on any atom is -0.311 e. The van der Waals surface area contributed by atoms with Crippen LogP contribution in [-0.2, 0) is 0 Å². The van der Waals surface area contributed by atoms with Crippen LogP contribution in [0, 0.1) is 5.92 Å². The van der Waals surface area contributed by atoms with Crippen molar-refractivity contribution in [2.45, 2.75) is 71.0 Å². The molecule has 0 amide bonds. The monoisotopic (exact) mass is 224 g/mol. The molecule has 16 heavy (non-hydrogen) atoms. The highest BCUT2D eigenvalue weighted by Crippen LogP contribution is 2.37. The van der Waals surface area contributed by atoms with Crippen molar-refractivity contribution in [2.24, 2.45) is 5.92 Å². The highest BCUT2D eigenvalue weighted by Gasteiger charge is 2.39. The number of rotatable bonds is 5. The van der Waals surface area contributed by atoms with E-state index in [9.17, 15) is 0 Å². The fourth-order valence-electron chi connectivity index (χ4n) is 3.06. The summed E-state index contributed by atoms with van der Waals surface area (Å²) in [5.74, 6) is 1.00.